The van der Waals surface area contributed by atoms with Gasteiger partial charge in [-0.05, 0) is 56.2 Å². The standard InChI is InChI=1S/C21H36N4O2.HI/c1-5-22-20(27)19-9-7-17(8-10-19)14-24-21(23-6-2)25-15-18(11-12-26)13-16(3)4;/h7-10,16,18,26H,5-6,11-15H2,1-4H3,(H,22,27)(H2,23,24,25);1H. The Balaban J connectivity index is 0.00000729. The Morgan fingerprint density at radius 1 is 1.07 bits per heavy atom. The molecule has 0 aliphatic rings. The highest BCUT2D eigenvalue weighted by molar-refractivity contribution is 14.0. The zero-order chi connectivity index (χ0) is 20.1. The largest absolute Gasteiger partial charge is 0.396 e. The van der Waals surface area contributed by atoms with E-state index in [1.165, 1.54) is 0 Å². The first-order valence-corrected chi connectivity index (χ1v) is 10.00. The van der Waals surface area contributed by atoms with Crippen molar-refractivity contribution in [1.29, 1.82) is 0 Å². The molecule has 0 fully saturated rings. The fourth-order valence-electron chi connectivity index (χ4n) is 2.93. The minimum absolute atomic E-state index is 0. The maximum atomic E-state index is 11.8. The third-order valence-electron chi connectivity index (χ3n) is 4.22. The third-order valence-corrected chi connectivity index (χ3v) is 4.22. The normalized spacial score (nSPS) is 12.3. The minimum atomic E-state index is -0.0531. The zero-order valence-electron chi connectivity index (χ0n) is 17.6. The molecule has 1 aromatic rings. The number of aliphatic imine (C=N–C) groups is 1. The number of hydrogen-bond donors (Lipinski definition) is 4. The molecule has 160 valence electrons. The van der Waals surface area contributed by atoms with Crippen LogP contribution in [0.3, 0.4) is 0 Å². The highest BCUT2D eigenvalue weighted by atomic mass is 127. The summed E-state index contributed by atoms with van der Waals surface area (Å²) >= 11 is 0. The number of carbonyl (C=O) groups is 1. The van der Waals surface area contributed by atoms with Crippen molar-refractivity contribution in [2.75, 3.05) is 26.2 Å². The Hall–Kier alpha value is -1.35. The molecule has 0 radical (unpaired) electrons. The molecule has 28 heavy (non-hydrogen) atoms. The fourth-order valence-corrected chi connectivity index (χ4v) is 2.93. The van der Waals surface area contributed by atoms with E-state index in [0.717, 1.165) is 37.5 Å². The second-order valence-corrected chi connectivity index (χ2v) is 7.14. The molecule has 6 nitrogen and oxygen atoms in total. The molecule has 7 heteroatoms. The van der Waals surface area contributed by atoms with Crippen LogP contribution in [0.15, 0.2) is 29.3 Å². The van der Waals surface area contributed by atoms with Crippen molar-refractivity contribution < 1.29 is 9.90 Å². The number of nitrogens with one attached hydrogen (secondary N) is 3. The molecular formula is C21H37IN4O2. The van der Waals surface area contributed by atoms with Gasteiger partial charge >= 0.3 is 0 Å². The first-order valence-electron chi connectivity index (χ1n) is 10.00. The van der Waals surface area contributed by atoms with E-state index in [1.807, 2.05) is 38.1 Å². The molecule has 1 rings (SSSR count). The van der Waals surface area contributed by atoms with Crippen molar-refractivity contribution in [3.8, 4) is 0 Å². The van der Waals surface area contributed by atoms with Crippen molar-refractivity contribution in [2.24, 2.45) is 16.8 Å². The fraction of sp³-hybridized carbons (Fsp3) is 0.619. The summed E-state index contributed by atoms with van der Waals surface area (Å²) in [7, 11) is 0. The third kappa shape index (κ3) is 10.8. The van der Waals surface area contributed by atoms with E-state index >= 15 is 0 Å². The van der Waals surface area contributed by atoms with Gasteiger partial charge in [0, 0.05) is 31.8 Å². The number of nitrogens with zero attached hydrogens (tertiary/aromatic N) is 1. The van der Waals surface area contributed by atoms with Gasteiger partial charge in [0.1, 0.15) is 0 Å². The summed E-state index contributed by atoms with van der Waals surface area (Å²) in [5.41, 5.74) is 1.71. The van der Waals surface area contributed by atoms with E-state index in [-0.39, 0.29) is 36.5 Å². The van der Waals surface area contributed by atoms with E-state index in [2.05, 4.69) is 34.8 Å². The van der Waals surface area contributed by atoms with Crippen molar-refractivity contribution in [1.82, 2.24) is 16.0 Å². The second-order valence-electron chi connectivity index (χ2n) is 7.14. The predicted octanol–water partition coefficient (Wildman–Crippen LogP) is 3.15. The van der Waals surface area contributed by atoms with Gasteiger partial charge in [0.05, 0.1) is 6.54 Å². The summed E-state index contributed by atoms with van der Waals surface area (Å²) in [6.45, 7) is 11.3. The van der Waals surface area contributed by atoms with Gasteiger partial charge < -0.3 is 21.1 Å². The second kappa shape index (κ2) is 15.6. The van der Waals surface area contributed by atoms with E-state index in [9.17, 15) is 9.90 Å². The smallest absolute Gasteiger partial charge is 0.251 e. The van der Waals surface area contributed by atoms with Crippen LogP contribution in [-0.2, 0) is 6.54 Å². The number of aliphatic hydroxyl groups excluding tert-OH is 1. The van der Waals surface area contributed by atoms with Gasteiger partial charge in [0.2, 0.25) is 0 Å². The van der Waals surface area contributed by atoms with Crippen LogP contribution in [0.2, 0.25) is 0 Å². The summed E-state index contributed by atoms with van der Waals surface area (Å²) in [5.74, 6) is 1.75. The number of carbonyl (C=O) groups excluding carboxylic acids is 1. The lowest BCUT2D eigenvalue weighted by molar-refractivity contribution is 0.0956. The molecule has 0 spiro atoms. The maximum absolute atomic E-state index is 11.8. The summed E-state index contributed by atoms with van der Waals surface area (Å²) in [6, 6.07) is 7.53. The first-order chi connectivity index (χ1) is 13.0. The average molecular weight is 504 g/mol. The minimum Gasteiger partial charge on any atom is -0.396 e. The lowest BCUT2D eigenvalue weighted by atomic mass is 9.94. The van der Waals surface area contributed by atoms with E-state index < -0.39 is 0 Å². The molecule has 0 saturated heterocycles. The Morgan fingerprint density at radius 2 is 1.71 bits per heavy atom. The number of guanidine groups is 1. The average Bonchev–Trinajstić information content (AvgIpc) is 2.64. The Kier molecular flexibility index (Phi) is 14.8. The molecule has 0 aliphatic heterocycles. The van der Waals surface area contributed by atoms with Gasteiger partial charge in [0.25, 0.3) is 5.91 Å². The number of aliphatic hydroxyl groups is 1. The van der Waals surface area contributed by atoms with Crippen LogP contribution in [0.5, 0.6) is 0 Å². The Bertz CT molecular complexity index is 576. The van der Waals surface area contributed by atoms with Gasteiger partial charge in [-0.15, -0.1) is 24.0 Å². The molecule has 1 atom stereocenters. The highest BCUT2D eigenvalue weighted by Gasteiger charge is 2.11. The SMILES string of the molecule is CCNC(=O)c1ccc(CN=C(NCC)NCC(CCO)CC(C)C)cc1.I. The molecule has 0 bridgehead atoms. The molecule has 0 heterocycles. The van der Waals surface area contributed by atoms with E-state index in [1.54, 1.807) is 0 Å². The molecule has 1 amide bonds. The predicted molar refractivity (Wildman–Crippen MR) is 127 cm³/mol. The summed E-state index contributed by atoms with van der Waals surface area (Å²) < 4.78 is 0. The quantitative estimate of drug-likeness (QED) is 0.212. The zero-order valence-corrected chi connectivity index (χ0v) is 20.0. The van der Waals surface area contributed by atoms with Crippen LogP contribution in [0.1, 0.15) is 56.5 Å². The molecule has 0 saturated carbocycles. The van der Waals surface area contributed by atoms with E-state index in [0.29, 0.717) is 30.5 Å². The van der Waals surface area contributed by atoms with Crippen molar-refractivity contribution >= 4 is 35.8 Å². The number of hydrogen-bond acceptors (Lipinski definition) is 3. The molecule has 1 unspecified atom stereocenters. The number of benzene rings is 1. The van der Waals surface area contributed by atoms with Gasteiger partial charge in [-0.1, -0.05) is 26.0 Å². The van der Waals surface area contributed by atoms with Crippen molar-refractivity contribution in [3.63, 3.8) is 0 Å². The van der Waals surface area contributed by atoms with Crippen molar-refractivity contribution in [2.45, 2.75) is 47.1 Å². The summed E-state index contributed by atoms with van der Waals surface area (Å²) in [6.07, 6.45) is 1.88. The van der Waals surface area contributed by atoms with Crippen molar-refractivity contribution in [3.05, 3.63) is 35.4 Å². The number of rotatable bonds is 11. The van der Waals surface area contributed by atoms with Crippen LogP contribution in [0.4, 0.5) is 0 Å². The van der Waals surface area contributed by atoms with Gasteiger partial charge in [-0.25, -0.2) is 4.99 Å². The summed E-state index contributed by atoms with van der Waals surface area (Å²) in [4.78, 5) is 16.4. The van der Waals surface area contributed by atoms with Gasteiger partial charge in [-0.2, -0.15) is 0 Å². The molecule has 1 aromatic carbocycles. The molecular weight excluding hydrogens is 467 g/mol. The monoisotopic (exact) mass is 504 g/mol. The van der Waals surface area contributed by atoms with Crippen LogP contribution < -0.4 is 16.0 Å². The lowest BCUT2D eigenvalue weighted by Crippen LogP contribution is -2.40. The topological polar surface area (TPSA) is 85.8 Å². The van der Waals surface area contributed by atoms with Crippen LogP contribution in [-0.4, -0.2) is 43.2 Å². The molecule has 0 aliphatic carbocycles. The Morgan fingerprint density at radius 3 is 2.25 bits per heavy atom. The van der Waals surface area contributed by atoms with Gasteiger partial charge in [0.15, 0.2) is 5.96 Å². The lowest BCUT2D eigenvalue weighted by Gasteiger charge is -2.20. The molecule has 0 aromatic heterocycles. The van der Waals surface area contributed by atoms with Crippen LogP contribution in [0.25, 0.3) is 0 Å². The summed E-state index contributed by atoms with van der Waals surface area (Å²) in [5, 5.41) is 18.7. The number of amides is 1. The highest BCUT2D eigenvalue weighted by Crippen LogP contribution is 2.14. The van der Waals surface area contributed by atoms with Gasteiger partial charge in [-0.3, -0.25) is 4.79 Å². The Labute approximate surface area is 187 Å². The van der Waals surface area contributed by atoms with Crippen LogP contribution in [0, 0.1) is 11.8 Å². The first kappa shape index (κ1) is 26.6. The van der Waals surface area contributed by atoms with E-state index in [4.69, 9.17) is 0 Å². The van der Waals surface area contributed by atoms with Crippen LogP contribution >= 0.6 is 24.0 Å². The maximum Gasteiger partial charge on any atom is 0.251 e. The number of halogens is 1. The molecule has 4 N–H and O–H groups in total.